The van der Waals surface area contributed by atoms with Crippen molar-refractivity contribution in [1.29, 1.82) is 0 Å². The van der Waals surface area contributed by atoms with E-state index >= 15 is 0 Å². The quantitative estimate of drug-likeness (QED) is 0.647. The van der Waals surface area contributed by atoms with Gasteiger partial charge in [-0.25, -0.2) is 4.98 Å². The van der Waals surface area contributed by atoms with Crippen LogP contribution in [0.3, 0.4) is 0 Å². The Labute approximate surface area is 142 Å². The van der Waals surface area contributed by atoms with Crippen molar-refractivity contribution < 1.29 is 14.3 Å². The van der Waals surface area contributed by atoms with Crippen LogP contribution in [0.25, 0.3) is 0 Å². The Bertz CT molecular complexity index is 827. The Morgan fingerprint density at radius 3 is 2.42 bits per heavy atom. The van der Waals surface area contributed by atoms with Crippen LogP contribution >= 0.6 is 11.8 Å². The average Bonchev–Trinajstić information content (AvgIpc) is 2.60. The molecule has 1 aromatic carbocycles. The van der Waals surface area contributed by atoms with Gasteiger partial charge >= 0.3 is 0 Å². The minimum absolute atomic E-state index is 0.206. The lowest BCUT2D eigenvalue weighted by Crippen LogP contribution is -2.33. The van der Waals surface area contributed by atoms with E-state index in [0.717, 1.165) is 5.56 Å². The minimum atomic E-state index is -0.510. The summed E-state index contributed by atoms with van der Waals surface area (Å²) in [4.78, 5) is 31.8. The molecule has 0 radical (unpaired) electrons. The monoisotopic (exact) mass is 347 g/mol. The van der Waals surface area contributed by atoms with E-state index < -0.39 is 5.92 Å². The SMILES string of the molecule is COc1cc(OC)cc(C2Cc3c(nc(SC)[nH]c3=O)NC2=O)c1. The smallest absolute Gasteiger partial charge is 0.256 e. The van der Waals surface area contributed by atoms with Gasteiger partial charge in [0.25, 0.3) is 5.56 Å². The Balaban J connectivity index is 2.03. The Kier molecular flexibility index (Phi) is 4.48. The van der Waals surface area contributed by atoms with Gasteiger partial charge < -0.3 is 19.8 Å². The van der Waals surface area contributed by atoms with Crippen LogP contribution in [0, 0.1) is 0 Å². The summed E-state index contributed by atoms with van der Waals surface area (Å²) in [5.74, 6) is 0.798. The van der Waals surface area contributed by atoms with Gasteiger partial charge in [0.05, 0.1) is 25.7 Å². The number of benzene rings is 1. The van der Waals surface area contributed by atoms with Crippen molar-refractivity contribution >= 4 is 23.5 Å². The molecule has 24 heavy (non-hydrogen) atoms. The van der Waals surface area contributed by atoms with E-state index in [9.17, 15) is 9.59 Å². The van der Waals surface area contributed by atoms with Crippen LogP contribution in [-0.2, 0) is 11.2 Å². The summed E-state index contributed by atoms with van der Waals surface area (Å²) < 4.78 is 10.5. The number of methoxy groups -OCH3 is 2. The topological polar surface area (TPSA) is 93.3 Å². The second-order valence-electron chi connectivity index (χ2n) is 5.29. The van der Waals surface area contributed by atoms with E-state index in [-0.39, 0.29) is 17.9 Å². The number of nitrogens with one attached hydrogen (secondary N) is 2. The number of amides is 1. The van der Waals surface area contributed by atoms with Crippen molar-refractivity contribution in [2.24, 2.45) is 0 Å². The van der Waals surface area contributed by atoms with Crippen LogP contribution in [0.15, 0.2) is 28.2 Å². The Morgan fingerprint density at radius 1 is 1.17 bits per heavy atom. The van der Waals surface area contributed by atoms with Gasteiger partial charge in [-0.05, 0) is 30.4 Å². The number of aromatic amines is 1. The van der Waals surface area contributed by atoms with Crippen LogP contribution in [0.1, 0.15) is 17.0 Å². The number of thioether (sulfide) groups is 1. The van der Waals surface area contributed by atoms with Crippen molar-refractivity contribution in [3.05, 3.63) is 39.7 Å². The molecule has 0 fully saturated rings. The molecule has 2 heterocycles. The largest absolute Gasteiger partial charge is 0.497 e. The number of aromatic nitrogens is 2. The highest BCUT2D eigenvalue weighted by molar-refractivity contribution is 7.98. The average molecular weight is 347 g/mol. The highest BCUT2D eigenvalue weighted by atomic mass is 32.2. The van der Waals surface area contributed by atoms with Gasteiger partial charge in [0, 0.05) is 6.07 Å². The van der Waals surface area contributed by atoms with E-state index in [1.165, 1.54) is 11.8 Å². The van der Waals surface area contributed by atoms with E-state index in [1.54, 1.807) is 38.7 Å². The maximum absolute atomic E-state index is 12.5. The number of H-pyrrole nitrogens is 1. The molecule has 7 nitrogen and oxygen atoms in total. The van der Waals surface area contributed by atoms with Crippen LogP contribution in [0.4, 0.5) is 5.82 Å². The minimum Gasteiger partial charge on any atom is -0.497 e. The number of hydrogen-bond donors (Lipinski definition) is 2. The molecule has 0 saturated heterocycles. The van der Waals surface area contributed by atoms with Gasteiger partial charge in [0.15, 0.2) is 5.16 Å². The fourth-order valence-electron chi connectivity index (χ4n) is 2.67. The third-order valence-electron chi connectivity index (χ3n) is 3.93. The van der Waals surface area contributed by atoms with Crippen molar-refractivity contribution in [2.75, 3.05) is 25.8 Å². The lowest BCUT2D eigenvalue weighted by Gasteiger charge is -2.24. The third kappa shape index (κ3) is 2.96. The molecule has 1 aromatic heterocycles. The molecule has 2 aromatic rings. The zero-order chi connectivity index (χ0) is 17.3. The first-order chi connectivity index (χ1) is 11.5. The molecule has 0 spiro atoms. The molecule has 0 aliphatic carbocycles. The summed E-state index contributed by atoms with van der Waals surface area (Å²) in [6, 6.07) is 5.28. The maximum Gasteiger partial charge on any atom is 0.256 e. The predicted molar refractivity (Wildman–Crippen MR) is 91.3 cm³/mol. The number of fused-ring (bicyclic) bond motifs is 1. The number of carbonyl (C=O) groups is 1. The first kappa shape index (κ1) is 16.4. The summed E-state index contributed by atoms with van der Waals surface area (Å²) in [7, 11) is 3.10. The Hall–Kier alpha value is -2.48. The molecule has 3 rings (SSSR count). The number of ether oxygens (including phenoxy) is 2. The second-order valence-corrected chi connectivity index (χ2v) is 6.09. The highest BCUT2D eigenvalue weighted by Gasteiger charge is 2.31. The van der Waals surface area contributed by atoms with Crippen LogP contribution in [0.5, 0.6) is 11.5 Å². The molecule has 1 amide bonds. The molecular weight excluding hydrogens is 330 g/mol. The molecule has 1 atom stereocenters. The molecule has 2 N–H and O–H groups in total. The first-order valence-electron chi connectivity index (χ1n) is 7.26. The summed E-state index contributed by atoms with van der Waals surface area (Å²) in [5, 5.41) is 3.21. The molecule has 1 aliphatic heterocycles. The van der Waals surface area contributed by atoms with Gasteiger partial charge in [-0.2, -0.15) is 0 Å². The van der Waals surface area contributed by atoms with E-state index in [0.29, 0.717) is 28.0 Å². The first-order valence-corrected chi connectivity index (χ1v) is 8.49. The zero-order valence-corrected chi connectivity index (χ0v) is 14.3. The van der Waals surface area contributed by atoms with Gasteiger partial charge in [-0.15, -0.1) is 0 Å². The van der Waals surface area contributed by atoms with Crippen molar-refractivity contribution in [1.82, 2.24) is 9.97 Å². The zero-order valence-electron chi connectivity index (χ0n) is 13.5. The predicted octanol–water partition coefficient (Wildman–Crippen LogP) is 1.79. The van der Waals surface area contributed by atoms with Crippen LogP contribution in [-0.4, -0.2) is 36.4 Å². The second kappa shape index (κ2) is 6.56. The molecule has 8 heteroatoms. The number of carbonyl (C=O) groups excluding carboxylic acids is 1. The van der Waals surface area contributed by atoms with E-state index in [2.05, 4.69) is 15.3 Å². The lowest BCUT2D eigenvalue weighted by molar-refractivity contribution is -0.117. The molecular formula is C16H17N3O4S. The van der Waals surface area contributed by atoms with Crippen LogP contribution < -0.4 is 20.3 Å². The normalized spacial score (nSPS) is 16.3. The lowest BCUT2D eigenvalue weighted by atomic mass is 9.89. The highest BCUT2D eigenvalue weighted by Crippen LogP contribution is 2.33. The van der Waals surface area contributed by atoms with Gasteiger partial charge in [0.1, 0.15) is 17.3 Å². The molecule has 126 valence electrons. The summed E-state index contributed by atoms with van der Waals surface area (Å²) in [6.45, 7) is 0. The standard InChI is InChI=1S/C16H17N3O4S/c1-22-9-4-8(5-10(6-9)23-2)11-7-12-13(17-14(11)20)18-16(24-3)19-15(12)21/h4-6,11H,7H2,1-3H3,(H2,17,18,19,20,21). The maximum atomic E-state index is 12.5. The fourth-order valence-corrected chi connectivity index (χ4v) is 3.04. The summed E-state index contributed by atoms with van der Waals surface area (Å²) >= 11 is 1.31. The van der Waals surface area contributed by atoms with Crippen molar-refractivity contribution in [3.63, 3.8) is 0 Å². The number of rotatable bonds is 4. The number of nitrogens with zero attached hydrogens (tertiary/aromatic N) is 1. The fraction of sp³-hybridized carbons (Fsp3) is 0.312. The van der Waals surface area contributed by atoms with Crippen molar-refractivity contribution in [2.45, 2.75) is 17.5 Å². The molecule has 1 aliphatic rings. The molecule has 0 bridgehead atoms. The van der Waals surface area contributed by atoms with Gasteiger partial charge in [-0.1, -0.05) is 11.8 Å². The van der Waals surface area contributed by atoms with Crippen molar-refractivity contribution in [3.8, 4) is 11.5 Å². The molecule has 1 unspecified atom stereocenters. The van der Waals surface area contributed by atoms with E-state index in [1.807, 2.05) is 0 Å². The van der Waals surface area contributed by atoms with Gasteiger partial charge in [-0.3, -0.25) is 9.59 Å². The third-order valence-corrected chi connectivity index (χ3v) is 4.51. The summed E-state index contributed by atoms with van der Waals surface area (Å²) in [5.41, 5.74) is 0.964. The summed E-state index contributed by atoms with van der Waals surface area (Å²) in [6.07, 6.45) is 2.08. The van der Waals surface area contributed by atoms with E-state index in [4.69, 9.17) is 9.47 Å². The molecule has 0 saturated carbocycles. The van der Waals surface area contributed by atoms with Crippen LogP contribution in [0.2, 0.25) is 0 Å². The Morgan fingerprint density at radius 2 is 1.83 bits per heavy atom. The number of hydrogen-bond acceptors (Lipinski definition) is 6. The van der Waals surface area contributed by atoms with Gasteiger partial charge in [0.2, 0.25) is 5.91 Å². The number of anilines is 1.